The van der Waals surface area contributed by atoms with E-state index >= 15 is 0 Å². The average Bonchev–Trinajstić information content (AvgIpc) is 2.53. The van der Waals surface area contributed by atoms with E-state index < -0.39 is 16.1 Å². The van der Waals surface area contributed by atoms with Crippen LogP contribution in [-0.4, -0.2) is 46.8 Å². The van der Waals surface area contributed by atoms with E-state index in [-0.39, 0.29) is 29.3 Å². The minimum atomic E-state index is -3.63. The Morgan fingerprint density at radius 3 is 2.19 bits per heavy atom. The number of carbonyl (C=O) groups is 1. The number of sulfonamides is 1. The van der Waals surface area contributed by atoms with Crippen molar-refractivity contribution in [2.75, 3.05) is 32.1 Å². The zero-order valence-corrected chi connectivity index (χ0v) is 17.1. The standard InChI is InChI=1S/C18H31N3O4S/c1-18(2,3)11-10-14(12-19-17(22)23)13-20-26(24,25)16-8-6-15(7-9-16)21(4)5/h6-9,14,19-20H,10-13H2,1-5H3,(H,22,23)/t14-/m1/s1. The first kappa shape index (κ1) is 22.2. The summed E-state index contributed by atoms with van der Waals surface area (Å²) in [7, 11) is 0.138. The summed E-state index contributed by atoms with van der Waals surface area (Å²) in [4.78, 5) is 12.9. The van der Waals surface area contributed by atoms with Gasteiger partial charge in [-0.15, -0.1) is 0 Å². The number of hydrogen-bond acceptors (Lipinski definition) is 4. The molecular weight excluding hydrogens is 354 g/mol. The van der Waals surface area contributed by atoms with Gasteiger partial charge in [0.05, 0.1) is 4.90 Å². The molecule has 0 aliphatic rings. The first-order chi connectivity index (χ1) is 11.9. The minimum Gasteiger partial charge on any atom is -0.465 e. The molecule has 0 saturated heterocycles. The number of rotatable bonds is 9. The third-order valence-corrected chi connectivity index (χ3v) is 5.51. The van der Waals surface area contributed by atoms with Gasteiger partial charge in [-0.1, -0.05) is 20.8 Å². The lowest BCUT2D eigenvalue weighted by Crippen LogP contribution is -2.36. The highest BCUT2D eigenvalue weighted by Crippen LogP contribution is 2.23. The predicted octanol–water partition coefficient (Wildman–Crippen LogP) is 2.74. The molecule has 1 amide bonds. The van der Waals surface area contributed by atoms with Gasteiger partial charge in [-0.25, -0.2) is 17.9 Å². The topological polar surface area (TPSA) is 98.7 Å². The van der Waals surface area contributed by atoms with Gasteiger partial charge < -0.3 is 15.3 Å². The molecule has 0 aliphatic carbocycles. The van der Waals surface area contributed by atoms with Crippen molar-refractivity contribution in [3.05, 3.63) is 24.3 Å². The van der Waals surface area contributed by atoms with Gasteiger partial charge in [0, 0.05) is 32.9 Å². The maximum Gasteiger partial charge on any atom is 0.404 e. The van der Waals surface area contributed by atoms with E-state index in [2.05, 4.69) is 30.8 Å². The Balaban J connectivity index is 2.75. The molecule has 0 aromatic heterocycles. The monoisotopic (exact) mass is 385 g/mol. The molecule has 0 radical (unpaired) electrons. The van der Waals surface area contributed by atoms with Crippen LogP contribution in [0.15, 0.2) is 29.2 Å². The molecule has 0 bridgehead atoms. The maximum absolute atomic E-state index is 12.5. The predicted molar refractivity (Wildman–Crippen MR) is 104 cm³/mol. The van der Waals surface area contributed by atoms with Gasteiger partial charge in [0.25, 0.3) is 0 Å². The molecule has 0 saturated carbocycles. The van der Waals surface area contributed by atoms with Crippen molar-refractivity contribution in [2.24, 2.45) is 11.3 Å². The van der Waals surface area contributed by atoms with E-state index in [0.717, 1.165) is 18.5 Å². The van der Waals surface area contributed by atoms with Gasteiger partial charge in [0.2, 0.25) is 10.0 Å². The fourth-order valence-corrected chi connectivity index (χ4v) is 3.50. The molecule has 148 valence electrons. The van der Waals surface area contributed by atoms with Crippen LogP contribution in [0.4, 0.5) is 10.5 Å². The third kappa shape index (κ3) is 8.05. The second-order valence-electron chi connectivity index (χ2n) is 7.89. The molecule has 0 heterocycles. The smallest absolute Gasteiger partial charge is 0.404 e. The summed E-state index contributed by atoms with van der Waals surface area (Å²) < 4.78 is 27.6. The van der Waals surface area contributed by atoms with Crippen LogP contribution in [-0.2, 0) is 10.0 Å². The van der Waals surface area contributed by atoms with E-state index in [1.54, 1.807) is 24.3 Å². The Morgan fingerprint density at radius 1 is 1.15 bits per heavy atom. The largest absolute Gasteiger partial charge is 0.465 e. The highest BCUT2D eigenvalue weighted by Gasteiger charge is 2.20. The molecule has 3 N–H and O–H groups in total. The van der Waals surface area contributed by atoms with Crippen molar-refractivity contribution in [3.8, 4) is 0 Å². The summed E-state index contributed by atoms with van der Waals surface area (Å²) in [5.74, 6) is -0.110. The molecule has 1 rings (SSSR count). The number of nitrogens with zero attached hydrogens (tertiary/aromatic N) is 1. The molecule has 0 spiro atoms. The SMILES string of the molecule is CN(C)c1ccc(S(=O)(=O)NC[C@H](CCC(C)(C)C)CNC(=O)O)cc1. The lowest BCUT2D eigenvalue weighted by Gasteiger charge is -2.23. The fraction of sp³-hybridized carbons (Fsp3) is 0.611. The van der Waals surface area contributed by atoms with Crippen LogP contribution in [0.25, 0.3) is 0 Å². The highest BCUT2D eigenvalue weighted by atomic mass is 32.2. The molecule has 0 aliphatic heterocycles. The van der Waals surface area contributed by atoms with Crippen molar-refractivity contribution >= 4 is 21.8 Å². The van der Waals surface area contributed by atoms with Gasteiger partial charge in [-0.05, 0) is 48.4 Å². The molecule has 7 nitrogen and oxygen atoms in total. The van der Waals surface area contributed by atoms with E-state index in [4.69, 9.17) is 5.11 Å². The van der Waals surface area contributed by atoms with Crippen molar-refractivity contribution in [2.45, 2.75) is 38.5 Å². The Labute approximate surface area is 156 Å². The first-order valence-corrected chi connectivity index (χ1v) is 10.1. The number of amides is 1. The minimum absolute atomic E-state index is 0.0996. The number of anilines is 1. The van der Waals surface area contributed by atoms with Crippen molar-refractivity contribution < 1.29 is 18.3 Å². The van der Waals surface area contributed by atoms with E-state index in [1.807, 2.05) is 19.0 Å². The zero-order valence-electron chi connectivity index (χ0n) is 16.2. The first-order valence-electron chi connectivity index (χ1n) is 8.64. The van der Waals surface area contributed by atoms with E-state index in [0.29, 0.717) is 0 Å². The molecule has 0 fully saturated rings. The molecular formula is C18H31N3O4S. The summed E-state index contributed by atoms with van der Waals surface area (Å²) in [6, 6.07) is 6.63. The van der Waals surface area contributed by atoms with Gasteiger partial charge in [0.1, 0.15) is 0 Å². The van der Waals surface area contributed by atoms with Crippen molar-refractivity contribution in [1.29, 1.82) is 0 Å². The molecule has 1 aromatic rings. The van der Waals surface area contributed by atoms with Gasteiger partial charge in [-0.2, -0.15) is 0 Å². The summed E-state index contributed by atoms with van der Waals surface area (Å²) >= 11 is 0. The number of hydrogen-bond donors (Lipinski definition) is 3. The van der Waals surface area contributed by atoms with Crippen LogP contribution in [0.3, 0.4) is 0 Å². The van der Waals surface area contributed by atoms with Crippen molar-refractivity contribution in [3.63, 3.8) is 0 Å². The molecule has 26 heavy (non-hydrogen) atoms. The normalized spacial score (nSPS) is 13.3. The lowest BCUT2D eigenvalue weighted by atomic mass is 9.86. The number of nitrogens with one attached hydrogen (secondary N) is 2. The second-order valence-corrected chi connectivity index (χ2v) is 9.66. The average molecular weight is 386 g/mol. The Bertz CT molecular complexity index is 679. The van der Waals surface area contributed by atoms with Gasteiger partial charge >= 0.3 is 6.09 Å². The molecule has 8 heteroatoms. The quantitative estimate of drug-likeness (QED) is 0.607. The second kappa shape index (κ2) is 9.23. The van der Waals surface area contributed by atoms with E-state index in [9.17, 15) is 13.2 Å². The summed E-state index contributed by atoms with van der Waals surface area (Å²) in [5.41, 5.74) is 1.01. The maximum atomic E-state index is 12.5. The Hall–Kier alpha value is -1.80. The van der Waals surface area contributed by atoms with E-state index in [1.165, 1.54) is 0 Å². The van der Waals surface area contributed by atoms with Gasteiger partial charge in [0.15, 0.2) is 0 Å². The van der Waals surface area contributed by atoms with Crippen LogP contribution < -0.4 is 14.9 Å². The lowest BCUT2D eigenvalue weighted by molar-refractivity contribution is 0.191. The highest BCUT2D eigenvalue weighted by molar-refractivity contribution is 7.89. The Kier molecular flexibility index (Phi) is 7.89. The van der Waals surface area contributed by atoms with Crippen LogP contribution >= 0.6 is 0 Å². The molecule has 0 unspecified atom stereocenters. The number of carboxylic acid groups (broad SMARTS) is 1. The van der Waals surface area contributed by atoms with Crippen LogP contribution in [0, 0.1) is 11.3 Å². The van der Waals surface area contributed by atoms with Crippen LogP contribution in [0.5, 0.6) is 0 Å². The number of benzene rings is 1. The summed E-state index contributed by atoms with van der Waals surface area (Å²) in [6.07, 6.45) is 0.497. The molecule has 1 aromatic carbocycles. The fourth-order valence-electron chi connectivity index (χ4n) is 2.38. The Morgan fingerprint density at radius 2 is 1.73 bits per heavy atom. The summed E-state index contributed by atoms with van der Waals surface area (Å²) in [6.45, 7) is 6.71. The van der Waals surface area contributed by atoms with Crippen LogP contribution in [0.1, 0.15) is 33.6 Å². The molecule has 1 atom stereocenters. The van der Waals surface area contributed by atoms with Gasteiger partial charge in [-0.3, -0.25) is 0 Å². The summed E-state index contributed by atoms with van der Waals surface area (Å²) in [5, 5.41) is 11.2. The van der Waals surface area contributed by atoms with Crippen molar-refractivity contribution in [1.82, 2.24) is 10.0 Å². The zero-order chi connectivity index (χ0) is 20.0. The third-order valence-electron chi connectivity index (χ3n) is 4.07. The van der Waals surface area contributed by atoms with Crippen LogP contribution in [0.2, 0.25) is 0 Å².